The molecule has 160 valence electrons. The van der Waals surface area contributed by atoms with Gasteiger partial charge in [0.15, 0.2) is 0 Å². The molecule has 3 rings (SSSR count). The number of non-ortho nitro benzene ring substituents is 1. The normalized spacial score (nSPS) is 17.7. The molecule has 9 heteroatoms. The summed E-state index contributed by atoms with van der Waals surface area (Å²) in [5.41, 5.74) is 1.38. The van der Waals surface area contributed by atoms with Crippen LogP contribution in [0.3, 0.4) is 0 Å². The largest absolute Gasteiger partial charge is 0.392 e. The van der Waals surface area contributed by atoms with Gasteiger partial charge in [-0.15, -0.1) is 0 Å². The van der Waals surface area contributed by atoms with Gasteiger partial charge in [0.05, 0.1) is 33.5 Å². The zero-order valence-electron chi connectivity index (χ0n) is 16.5. The number of aliphatic hydroxyl groups excluding tert-OH is 1. The second kappa shape index (κ2) is 9.75. The first-order valence-electron chi connectivity index (χ1n) is 9.59. The van der Waals surface area contributed by atoms with Gasteiger partial charge in [-0.1, -0.05) is 41.4 Å². The zero-order chi connectivity index (χ0) is 21.8. The Morgan fingerprint density at radius 3 is 2.70 bits per heavy atom. The minimum Gasteiger partial charge on any atom is -0.392 e. The van der Waals surface area contributed by atoms with Crippen LogP contribution >= 0.6 is 23.2 Å². The molecule has 1 heterocycles. The van der Waals surface area contributed by atoms with Crippen molar-refractivity contribution in [1.82, 2.24) is 9.80 Å². The summed E-state index contributed by atoms with van der Waals surface area (Å²) in [4.78, 5) is 27.5. The van der Waals surface area contributed by atoms with Gasteiger partial charge in [-0.05, 0) is 29.7 Å². The molecule has 0 saturated carbocycles. The third-order valence-corrected chi connectivity index (χ3v) is 6.08. The van der Waals surface area contributed by atoms with Crippen LogP contribution in [0.25, 0.3) is 0 Å². The van der Waals surface area contributed by atoms with Gasteiger partial charge >= 0.3 is 0 Å². The quantitative estimate of drug-likeness (QED) is 0.511. The fourth-order valence-corrected chi connectivity index (χ4v) is 3.96. The molecule has 0 radical (unpaired) electrons. The summed E-state index contributed by atoms with van der Waals surface area (Å²) in [6.07, 6.45) is 0.400. The minimum atomic E-state index is -0.447. The fourth-order valence-electron chi connectivity index (χ4n) is 3.64. The van der Waals surface area contributed by atoms with Crippen molar-refractivity contribution in [2.75, 3.05) is 26.7 Å². The number of carbonyl (C=O) groups excluding carboxylic acids is 1. The molecule has 1 saturated heterocycles. The fraction of sp³-hybridized carbons (Fsp3) is 0.381. The smallest absolute Gasteiger partial charge is 0.269 e. The first-order valence-corrected chi connectivity index (χ1v) is 10.3. The number of nitro groups is 1. The Morgan fingerprint density at radius 1 is 1.30 bits per heavy atom. The van der Waals surface area contributed by atoms with E-state index in [0.717, 1.165) is 5.56 Å². The number of likely N-dealkylation sites (tertiary alicyclic amines) is 1. The number of aliphatic hydroxyl groups is 1. The predicted octanol–water partition coefficient (Wildman–Crippen LogP) is 3.71. The van der Waals surface area contributed by atoms with Gasteiger partial charge in [-0.2, -0.15) is 0 Å². The van der Waals surface area contributed by atoms with Crippen molar-refractivity contribution >= 4 is 34.8 Å². The summed E-state index contributed by atoms with van der Waals surface area (Å²) in [5.74, 6) is -0.148. The van der Waals surface area contributed by atoms with Crippen LogP contribution < -0.4 is 0 Å². The Bertz CT molecular complexity index is 940. The number of β-amino-alcohol motifs (C(OH)–C–C–N with tert-alkyl or cyclic N) is 1. The highest BCUT2D eigenvalue weighted by atomic mass is 35.5. The second-order valence-electron chi connectivity index (χ2n) is 7.50. The van der Waals surface area contributed by atoms with E-state index in [1.54, 1.807) is 42.3 Å². The third-order valence-electron chi connectivity index (χ3n) is 5.34. The maximum absolute atomic E-state index is 13.0. The van der Waals surface area contributed by atoms with Gasteiger partial charge in [0.1, 0.15) is 0 Å². The number of nitro benzene ring substituents is 1. The SMILES string of the molecule is CN(C(=O)Cc1ccc(Cl)c(Cl)c1)[C@H](CN1CCC(O)C1)c1cccc([N+](=O)[O-])c1. The average molecular weight is 452 g/mol. The molecule has 1 aliphatic heterocycles. The summed E-state index contributed by atoms with van der Waals surface area (Å²) in [5, 5.41) is 21.9. The molecular formula is C21H23Cl2N3O4. The van der Waals surface area contributed by atoms with Crippen molar-refractivity contribution in [3.05, 3.63) is 73.8 Å². The second-order valence-corrected chi connectivity index (χ2v) is 8.31. The molecule has 0 aromatic heterocycles. The molecule has 1 fully saturated rings. The molecule has 2 aromatic rings. The number of halogens is 2. The van der Waals surface area contributed by atoms with E-state index in [2.05, 4.69) is 4.90 Å². The van der Waals surface area contributed by atoms with E-state index in [-0.39, 0.29) is 18.0 Å². The van der Waals surface area contributed by atoms with Gasteiger partial charge in [0.2, 0.25) is 5.91 Å². The predicted molar refractivity (Wildman–Crippen MR) is 116 cm³/mol. The maximum Gasteiger partial charge on any atom is 0.269 e. The van der Waals surface area contributed by atoms with Crippen molar-refractivity contribution in [1.29, 1.82) is 0 Å². The number of amides is 1. The number of carbonyl (C=O) groups is 1. The molecule has 0 spiro atoms. The first-order chi connectivity index (χ1) is 14.2. The first kappa shape index (κ1) is 22.5. The molecule has 1 unspecified atom stereocenters. The van der Waals surface area contributed by atoms with Gasteiger partial charge in [-0.3, -0.25) is 19.8 Å². The van der Waals surface area contributed by atoms with Crippen molar-refractivity contribution in [3.63, 3.8) is 0 Å². The van der Waals surface area contributed by atoms with Crippen LogP contribution in [-0.2, 0) is 11.2 Å². The van der Waals surface area contributed by atoms with Crippen LogP contribution in [0.2, 0.25) is 10.0 Å². The van der Waals surface area contributed by atoms with E-state index in [1.165, 1.54) is 12.1 Å². The highest BCUT2D eigenvalue weighted by molar-refractivity contribution is 6.42. The standard InChI is InChI=1S/C21H23Cl2N3O4/c1-24(21(28)10-14-5-6-18(22)19(23)9-14)20(13-25-8-7-17(27)12-25)15-3-2-4-16(11-15)26(29)30/h2-6,9,11,17,20,27H,7-8,10,12-13H2,1H3/t17?,20-/m1/s1. The van der Waals surface area contributed by atoms with E-state index >= 15 is 0 Å². The van der Waals surface area contributed by atoms with Crippen molar-refractivity contribution in [2.45, 2.75) is 25.0 Å². The summed E-state index contributed by atoms with van der Waals surface area (Å²) >= 11 is 12.0. The van der Waals surface area contributed by atoms with Gasteiger partial charge in [0, 0.05) is 38.8 Å². The van der Waals surface area contributed by atoms with E-state index in [9.17, 15) is 20.0 Å². The Morgan fingerprint density at radius 2 is 2.07 bits per heavy atom. The Labute approximate surface area is 185 Å². The van der Waals surface area contributed by atoms with E-state index in [4.69, 9.17) is 23.2 Å². The van der Waals surface area contributed by atoms with E-state index in [0.29, 0.717) is 41.7 Å². The van der Waals surface area contributed by atoms with Crippen molar-refractivity contribution < 1.29 is 14.8 Å². The molecule has 1 aliphatic rings. The summed E-state index contributed by atoms with van der Waals surface area (Å²) < 4.78 is 0. The van der Waals surface area contributed by atoms with Crippen LogP contribution in [0.5, 0.6) is 0 Å². The van der Waals surface area contributed by atoms with E-state index in [1.807, 2.05) is 0 Å². The number of benzene rings is 2. The van der Waals surface area contributed by atoms with Gasteiger partial charge < -0.3 is 10.0 Å². The number of likely N-dealkylation sites (N-methyl/N-ethyl adjacent to an activating group) is 1. The molecular weight excluding hydrogens is 429 g/mol. The lowest BCUT2D eigenvalue weighted by Gasteiger charge is -2.32. The molecule has 7 nitrogen and oxygen atoms in total. The molecule has 0 aliphatic carbocycles. The number of hydrogen-bond acceptors (Lipinski definition) is 5. The number of nitrogens with zero attached hydrogens (tertiary/aromatic N) is 3. The molecule has 30 heavy (non-hydrogen) atoms. The van der Waals surface area contributed by atoms with Crippen LogP contribution in [0.1, 0.15) is 23.6 Å². The lowest BCUT2D eigenvalue weighted by Crippen LogP contribution is -2.39. The summed E-state index contributed by atoms with van der Waals surface area (Å²) in [6.45, 7) is 1.70. The Hall–Kier alpha value is -2.19. The number of hydrogen-bond donors (Lipinski definition) is 1. The van der Waals surface area contributed by atoms with Crippen molar-refractivity contribution in [3.8, 4) is 0 Å². The highest BCUT2D eigenvalue weighted by Crippen LogP contribution is 2.28. The zero-order valence-corrected chi connectivity index (χ0v) is 18.0. The van der Waals surface area contributed by atoms with Gasteiger partial charge in [0.25, 0.3) is 5.69 Å². The van der Waals surface area contributed by atoms with E-state index < -0.39 is 17.1 Å². The van der Waals surface area contributed by atoms with Crippen molar-refractivity contribution in [2.24, 2.45) is 0 Å². The molecule has 2 atom stereocenters. The summed E-state index contributed by atoms with van der Waals surface area (Å²) in [6, 6.07) is 11.0. The Balaban J connectivity index is 1.84. The molecule has 1 amide bonds. The minimum absolute atomic E-state index is 0.0238. The van der Waals surface area contributed by atoms with Crippen LogP contribution in [0, 0.1) is 10.1 Å². The van der Waals surface area contributed by atoms with Crippen LogP contribution in [0.15, 0.2) is 42.5 Å². The van der Waals surface area contributed by atoms with Crippen LogP contribution in [0.4, 0.5) is 5.69 Å². The third kappa shape index (κ3) is 5.49. The molecule has 0 bridgehead atoms. The average Bonchev–Trinajstić information content (AvgIpc) is 3.13. The van der Waals surface area contributed by atoms with Crippen LogP contribution in [-0.4, -0.2) is 58.5 Å². The molecule has 1 N–H and O–H groups in total. The molecule has 2 aromatic carbocycles. The monoisotopic (exact) mass is 451 g/mol. The van der Waals surface area contributed by atoms with Gasteiger partial charge in [-0.25, -0.2) is 0 Å². The lowest BCUT2D eigenvalue weighted by molar-refractivity contribution is -0.385. The number of rotatable bonds is 7. The Kier molecular flexibility index (Phi) is 7.31. The highest BCUT2D eigenvalue weighted by Gasteiger charge is 2.29. The lowest BCUT2D eigenvalue weighted by atomic mass is 10.0. The maximum atomic E-state index is 13.0. The summed E-state index contributed by atoms with van der Waals surface area (Å²) in [7, 11) is 1.69. The topological polar surface area (TPSA) is 86.9 Å².